The molecule has 3 fully saturated rings. The molecule has 28 heavy (non-hydrogen) atoms. The van der Waals surface area contributed by atoms with Crippen molar-refractivity contribution in [3.05, 3.63) is 35.9 Å². The van der Waals surface area contributed by atoms with Crippen LogP contribution in [0.3, 0.4) is 0 Å². The van der Waals surface area contributed by atoms with Crippen molar-refractivity contribution in [1.82, 2.24) is 14.7 Å². The van der Waals surface area contributed by atoms with E-state index in [1.807, 2.05) is 0 Å². The number of benzene rings is 1. The largest absolute Gasteiger partial charge is 0.342 e. The van der Waals surface area contributed by atoms with Crippen molar-refractivity contribution in [2.24, 2.45) is 5.92 Å². The van der Waals surface area contributed by atoms with Gasteiger partial charge in [0.2, 0.25) is 5.91 Å². The zero-order chi connectivity index (χ0) is 19.2. The summed E-state index contributed by atoms with van der Waals surface area (Å²) in [6.07, 6.45) is 9.66. The lowest BCUT2D eigenvalue weighted by Gasteiger charge is -2.43. The highest BCUT2D eigenvalue weighted by molar-refractivity contribution is 5.79. The molecule has 4 heteroatoms. The van der Waals surface area contributed by atoms with Crippen LogP contribution < -0.4 is 0 Å². The Kier molecular flexibility index (Phi) is 7.03. The summed E-state index contributed by atoms with van der Waals surface area (Å²) in [4.78, 5) is 20.4. The van der Waals surface area contributed by atoms with Gasteiger partial charge < -0.3 is 9.80 Å². The molecule has 3 heterocycles. The molecule has 0 radical (unpaired) electrons. The first kappa shape index (κ1) is 19.9. The fourth-order valence-corrected chi connectivity index (χ4v) is 5.35. The van der Waals surface area contributed by atoms with Crippen LogP contribution in [0.15, 0.2) is 30.3 Å². The van der Waals surface area contributed by atoms with E-state index in [0.29, 0.717) is 11.9 Å². The molecule has 1 unspecified atom stereocenters. The molecular formula is C24H37N3O. The van der Waals surface area contributed by atoms with Crippen LogP contribution in [0.4, 0.5) is 0 Å². The Labute approximate surface area is 170 Å². The molecule has 0 saturated carbocycles. The zero-order valence-electron chi connectivity index (χ0n) is 17.4. The Morgan fingerprint density at radius 1 is 0.857 bits per heavy atom. The Hall–Kier alpha value is -1.39. The van der Waals surface area contributed by atoms with Gasteiger partial charge in [-0.1, -0.05) is 30.3 Å². The van der Waals surface area contributed by atoms with Gasteiger partial charge in [-0.25, -0.2) is 0 Å². The molecule has 4 nitrogen and oxygen atoms in total. The number of hydrogen-bond donors (Lipinski definition) is 0. The summed E-state index contributed by atoms with van der Waals surface area (Å²) in [6.45, 7) is 7.77. The SMILES string of the molecule is O=C(C1CCCN(C2CCN(CCc3ccccc3)CC2)C1)N1CCCCC1. The average Bonchev–Trinajstić information content (AvgIpc) is 2.79. The molecule has 154 valence electrons. The molecule has 1 aromatic carbocycles. The van der Waals surface area contributed by atoms with Crippen LogP contribution in [-0.4, -0.2) is 72.5 Å². The van der Waals surface area contributed by atoms with Crippen molar-refractivity contribution < 1.29 is 4.79 Å². The van der Waals surface area contributed by atoms with E-state index in [9.17, 15) is 4.79 Å². The molecule has 3 aliphatic rings. The van der Waals surface area contributed by atoms with Crippen molar-refractivity contribution in [3.8, 4) is 0 Å². The maximum atomic E-state index is 12.9. The van der Waals surface area contributed by atoms with Gasteiger partial charge in [-0.05, 0) is 76.6 Å². The number of carbonyl (C=O) groups excluding carboxylic acids is 1. The van der Waals surface area contributed by atoms with Crippen molar-refractivity contribution in [3.63, 3.8) is 0 Å². The molecule has 4 rings (SSSR count). The van der Waals surface area contributed by atoms with Crippen LogP contribution in [0.1, 0.15) is 50.5 Å². The van der Waals surface area contributed by atoms with Gasteiger partial charge in [0.15, 0.2) is 0 Å². The molecule has 0 spiro atoms. The third kappa shape index (κ3) is 5.15. The quantitative estimate of drug-likeness (QED) is 0.779. The maximum Gasteiger partial charge on any atom is 0.226 e. The van der Waals surface area contributed by atoms with E-state index >= 15 is 0 Å². The Morgan fingerprint density at radius 2 is 1.61 bits per heavy atom. The van der Waals surface area contributed by atoms with E-state index in [1.165, 1.54) is 70.3 Å². The molecule has 1 atom stereocenters. The average molecular weight is 384 g/mol. The Bertz CT molecular complexity index is 606. The van der Waals surface area contributed by atoms with Gasteiger partial charge in [0.1, 0.15) is 0 Å². The summed E-state index contributed by atoms with van der Waals surface area (Å²) < 4.78 is 0. The normalized spacial score (nSPS) is 25.7. The number of hydrogen-bond acceptors (Lipinski definition) is 3. The molecular weight excluding hydrogens is 346 g/mol. The van der Waals surface area contributed by atoms with Gasteiger partial charge >= 0.3 is 0 Å². The first-order valence-corrected chi connectivity index (χ1v) is 11.6. The van der Waals surface area contributed by atoms with Crippen molar-refractivity contribution in [1.29, 1.82) is 0 Å². The monoisotopic (exact) mass is 383 g/mol. The fourth-order valence-electron chi connectivity index (χ4n) is 5.35. The number of nitrogens with zero attached hydrogens (tertiary/aromatic N) is 3. The number of amides is 1. The molecule has 3 saturated heterocycles. The lowest BCUT2D eigenvalue weighted by Crippen LogP contribution is -2.51. The standard InChI is InChI=1S/C24H37N3O/c28-24(26-14-5-2-6-15-26)22-10-7-16-27(20-22)23-12-18-25(19-13-23)17-11-21-8-3-1-4-9-21/h1,3-4,8-9,22-23H,2,5-7,10-20H2. The summed E-state index contributed by atoms with van der Waals surface area (Å²) in [5, 5.41) is 0. The summed E-state index contributed by atoms with van der Waals surface area (Å²) in [7, 11) is 0. The highest BCUT2D eigenvalue weighted by atomic mass is 16.2. The minimum Gasteiger partial charge on any atom is -0.342 e. The minimum atomic E-state index is 0.253. The second-order valence-corrected chi connectivity index (χ2v) is 9.03. The second kappa shape index (κ2) is 9.89. The molecule has 3 aliphatic heterocycles. The first-order chi connectivity index (χ1) is 13.8. The van der Waals surface area contributed by atoms with Crippen molar-refractivity contribution in [2.75, 3.05) is 45.8 Å². The number of carbonyl (C=O) groups is 1. The molecule has 0 aliphatic carbocycles. The van der Waals surface area contributed by atoms with Gasteiger partial charge in [-0.15, -0.1) is 0 Å². The minimum absolute atomic E-state index is 0.253. The van der Waals surface area contributed by atoms with E-state index in [0.717, 1.165) is 32.5 Å². The number of piperidine rings is 3. The summed E-state index contributed by atoms with van der Waals surface area (Å²) in [6, 6.07) is 11.5. The van der Waals surface area contributed by atoms with Gasteiger partial charge in [-0.3, -0.25) is 9.69 Å². The van der Waals surface area contributed by atoms with Crippen LogP contribution >= 0.6 is 0 Å². The smallest absolute Gasteiger partial charge is 0.226 e. The summed E-state index contributed by atoms with van der Waals surface area (Å²) in [5.74, 6) is 0.702. The molecule has 1 amide bonds. The second-order valence-electron chi connectivity index (χ2n) is 9.03. The summed E-state index contributed by atoms with van der Waals surface area (Å²) in [5.41, 5.74) is 1.44. The third-order valence-corrected chi connectivity index (χ3v) is 7.10. The lowest BCUT2D eigenvalue weighted by molar-refractivity contribution is -0.138. The Balaban J connectivity index is 1.22. The molecule has 0 N–H and O–H groups in total. The third-order valence-electron chi connectivity index (χ3n) is 7.10. The van der Waals surface area contributed by atoms with Gasteiger partial charge in [-0.2, -0.15) is 0 Å². The van der Waals surface area contributed by atoms with Crippen LogP contribution in [0.25, 0.3) is 0 Å². The predicted octanol–water partition coefficient (Wildman–Crippen LogP) is 3.42. The summed E-state index contributed by atoms with van der Waals surface area (Å²) >= 11 is 0. The fraction of sp³-hybridized carbons (Fsp3) is 0.708. The van der Waals surface area contributed by atoms with E-state index < -0.39 is 0 Å². The highest BCUT2D eigenvalue weighted by Crippen LogP contribution is 2.26. The molecule has 0 aromatic heterocycles. The number of rotatable bonds is 5. The number of likely N-dealkylation sites (tertiary alicyclic amines) is 3. The zero-order valence-corrected chi connectivity index (χ0v) is 17.4. The van der Waals surface area contributed by atoms with Gasteiger partial charge in [0.05, 0.1) is 5.92 Å². The van der Waals surface area contributed by atoms with Crippen LogP contribution in [-0.2, 0) is 11.2 Å². The van der Waals surface area contributed by atoms with Crippen molar-refractivity contribution >= 4 is 5.91 Å². The van der Waals surface area contributed by atoms with Crippen LogP contribution in [0.5, 0.6) is 0 Å². The topological polar surface area (TPSA) is 26.8 Å². The van der Waals surface area contributed by atoms with Gasteiger partial charge in [0.25, 0.3) is 0 Å². The molecule has 1 aromatic rings. The van der Waals surface area contributed by atoms with E-state index in [1.54, 1.807) is 0 Å². The van der Waals surface area contributed by atoms with E-state index in [2.05, 4.69) is 45.0 Å². The highest BCUT2D eigenvalue weighted by Gasteiger charge is 2.33. The van der Waals surface area contributed by atoms with Crippen LogP contribution in [0.2, 0.25) is 0 Å². The predicted molar refractivity (Wildman–Crippen MR) is 114 cm³/mol. The maximum absolute atomic E-state index is 12.9. The van der Waals surface area contributed by atoms with Crippen molar-refractivity contribution in [2.45, 2.75) is 57.4 Å². The Morgan fingerprint density at radius 3 is 2.36 bits per heavy atom. The van der Waals surface area contributed by atoms with Crippen LogP contribution in [0, 0.1) is 5.92 Å². The first-order valence-electron chi connectivity index (χ1n) is 11.6. The van der Waals surface area contributed by atoms with Gasteiger partial charge in [0, 0.05) is 32.2 Å². The van der Waals surface area contributed by atoms with E-state index in [-0.39, 0.29) is 5.92 Å². The lowest BCUT2D eigenvalue weighted by atomic mass is 9.92. The molecule has 0 bridgehead atoms. The van der Waals surface area contributed by atoms with E-state index in [4.69, 9.17) is 0 Å².